The minimum atomic E-state index is 0.792. The molecule has 0 aliphatic carbocycles. The van der Waals surface area contributed by atoms with E-state index in [1.165, 1.54) is 24.0 Å². The summed E-state index contributed by atoms with van der Waals surface area (Å²) >= 11 is 0. The summed E-state index contributed by atoms with van der Waals surface area (Å²) in [6.45, 7) is 12.6. The highest BCUT2D eigenvalue weighted by molar-refractivity contribution is 5.42. The number of rotatable bonds is 9. The summed E-state index contributed by atoms with van der Waals surface area (Å²) < 4.78 is 0. The molecule has 1 heteroatoms. The molecular formula is C17H27N. The molecule has 0 heterocycles. The summed E-state index contributed by atoms with van der Waals surface area (Å²) in [7, 11) is 0. The fraction of sp³-hybridized carbons (Fsp3) is 0.412. The molecule has 1 nitrogen and oxygen atoms in total. The predicted molar refractivity (Wildman–Crippen MR) is 83.5 cm³/mol. The van der Waals surface area contributed by atoms with Crippen molar-refractivity contribution in [2.75, 3.05) is 6.54 Å². The molecule has 0 aromatic rings. The van der Waals surface area contributed by atoms with Gasteiger partial charge in [0.05, 0.1) is 0 Å². The second-order valence-electron chi connectivity index (χ2n) is 4.44. The smallest absolute Gasteiger partial charge is 0.00773 e. The molecule has 0 bridgehead atoms. The van der Waals surface area contributed by atoms with Gasteiger partial charge in [0, 0.05) is 0 Å². The summed E-state index contributed by atoms with van der Waals surface area (Å²) in [6.07, 6.45) is 14.8. The molecule has 0 spiro atoms. The first-order valence-corrected chi connectivity index (χ1v) is 6.67. The van der Waals surface area contributed by atoms with Crippen molar-refractivity contribution in [1.82, 2.24) is 0 Å². The van der Waals surface area contributed by atoms with E-state index in [9.17, 15) is 0 Å². The predicted octanol–water partition coefficient (Wildman–Crippen LogP) is 4.70. The first-order valence-electron chi connectivity index (χ1n) is 6.67. The van der Waals surface area contributed by atoms with Gasteiger partial charge in [-0.1, -0.05) is 61.1 Å². The van der Waals surface area contributed by atoms with Crippen LogP contribution in [0.15, 0.2) is 60.3 Å². The van der Waals surface area contributed by atoms with Crippen LogP contribution >= 0.6 is 0 Å². The standard InChI is InChI=1S/C17H27N/c1-5-7-12-17(15(3)4)14-16(6-2)11-9-8-10-13-18/h5-7,12,14H,1,3,8-11,13,18H2,2,4H3/b12-7-,16-6-,17-14-. The van der Waals surface area contributed by atoms with Crippen molar-refractivity contribution in [3.8, 4) is 0 Å². The number of allylic oxidation sites excluding steroid dienone is 8. The van der Waals surface area contributed by atoms with Crippen molar-refractivity contribution in [1.29, 1.82) is 0 Å². The molecule has 0 radical (unpaired) electrons. The maximum Gasteiger partial charge on any atom is -0.00773 e. The Bertz CT molecular complexity index is 343. The van der Waals surface area contributed by atoms with Crippen LogP contribution in [0.5, 0.6) is 0 Å². The highest BCUT2D eigenvalue weighted by Gasteiger charge is 1.97. The van der Waals surface area contributed by atoms with Gasteiger partial charge in [0.15, 0.2) is 0 Å². The Morgan fingerprint density at radius 1 is 1.22 bits per heavy atom. The third-order valence-electron chi connectivity index (χ3n) is 2.79. The molecule has 0 unspecified atom stereocenters. The largest absolute Gasteiger partial charge is 0.330 e. The van der Waals surface area contributed by atoms with Gasteiger partial charge < -0.3 is 5.73 Å². The zero-order chi connectivity index (χ0) is 13.8. The lowest BCUT2D eigenvalue weighted by Crippen LogP contribution is -1.97. The van der Waals surface area contributed by atoms with Gasteiger partial charge in [0.1, 0.15) is 0 Å². The van der Waals surface area contributed by atoms with Crippen molar-refractivity contribution in [2.45, 2.75) is 39.5 Å². The minimum Gasteiger partial charge on any atom is -0.330 e. The van der Waals surface area contributed by atoms with Gasteiger partial charge in [-0.05, 0) is 45.2 Å². The Labute approximate surface area is 112 Å². The molecule has 0 atom stereocenters. The molecule has 0 aliphatic rings. The maximum absolute atomic E-state index is 5.50. The molecule has 0 aromatic carbocycles. The topological polar surface area (TPSA) is 26.0 Å². The molecule has 0 rings (SSSR count). The van der Waals surface area contributed by atoms with E-state index in [1.54, 1.807) is 6.08 Å². The van der Waals surface area contributed by atoms with Gasteiger partial charge in [-0.3, -0.25) is 0 Å². The lowest BCUT2D eigenvalue weighted by atomic mass is 10.0. The fourth-order valence-electron chi connectivity index (χ4n) is 1.64. The van der Waals surface area contributed by atoms with Crippen LogP contribution in [-0.2, 0) is 0 Å². The first-order chi connectivity index (χ1) is 8.65. The second kappa shape index (κ2) is 10.8. The fourth-order valence-corrected chi connectivity index (χ4v) is 1.64. The third-order valence-corrected chi connectivity index (χ3v) is 2.79. The molecule has 18 heavy (non-hydrogen) atoms. The van der Waals surface area contributed by atoms with Gasteiger partial charge in [-0.15, -0.1) is 0 Å². The number of hydrogen-bond donors (Lipinski definition) is 1. The normalized spacial score (nSPS) is 13.1. The summed E-state index contributed by atoms with van der Waals surface area (Å²) in [5.41, 5.74) is 9.10. The van der Waals surface area contributed by atoms with Crippen LogP contribution in [0, 0.1) is 0 Å². The average Bonchev–Trinajstić information content (AvgIpc) is 2.36. The maximum atomic E-state index is 5.50. The van der Waals surface area contributed by atoms with Crippen molar-refractivity contribution in [2.24, 2.45) is 5.73 Å². The summed E-state index contributed by atoms with van der Waals surface area (Å²) in [6, 6.07) is 0. The molecule has 2 N–H and O–H groups in total. The van der Waals surface area contributed by atoms with Crippen LogP contribution in [0.3, 0.4) is 0 Å². The molecule has 0 saturated carbocycles. The molecule has 0 fully saturated rings. The Kier molecular flexibility index (Phi) is 9.99. The van der Waals surface area contributed by atoms with E-state index in [0.717, 1.165) is 25.0 Å². The third kappa shape index (κ3) is 7.86. The monoisotopic (exact) mass is 245 g/mol. The van der Waals surface area contributed by atoms with Crippen LogP contribution in [-0.4, -0.2) is 6.54 Å². The summed E-state index contributed by atoms with van der Waals surface area (Å²) in [5.74, 6) is 0. The minimum absolute atomic E-state index is 0.792. The molecule has 0 amide bonds. The Hall–Kier alpha value is -1.34. The number of unbranched alkanes of at least 4 members (excludes halogenated alkanes) is 2. The first kappa shape index (κ1) is 16.7. The van der Waals surface area contributed by atoms with Crippen LogP contribution in [0.1, 0.15) is 39.5 Å². The molecule has 0 aromatic heterocycles. The number of hydrogen-bond acceptors (Lipinski definition) is 1. The quantitative estimate of drug-likeness (QED) is 0.462. The van der Waals surface area contributed by atoms with Crippen molar-refractivity contribution in [3.05, 3.63) is 60.3 Å². The van der Waals surface area contributed by atoms with Gasteiger partial charge in [0.25, 0.3) is 0 Å². The molecule has 100 valence electrons. The Morgan fingerprint density at radius 2 is 1.94 bits per heavy atom. The number of nitrogens with two attached hydrogens (primary N) is 1. The van der Waals surface area contributed by atoms with Crippen molar-refractivity contribution in [3.63, 3.8) is 0 Å². The summed E-state index contributed by atoms with van der Waals surface area (Å²) in [4.78, 5) is 0. The van der Waals surface area contributed by atoms with E-state index in [1.807, 2.05) is 13.0 Å². The Balaban J connectivity index is 4.57. The van der Waals surface area contributed by atoms with Crippen LogP contribution in [0.2, 0.25) is 0 Å². The van der Waals surface area contributed by atoms with Gasteiger partial charge in [-0.2, -0.15) is 0 Å². The van der Waals surface area contributed by atoms with Gasteiger partial charge >= 0.3 is 0 Å². The van der Waals surface area contributed by atoms with E-state index < -0.39 is 0 Å². The van der Waals surface area contributed by atoms with E-state index in [0.29, 0.717) is 0 Å². The zero-order valence-electron chi connectivity index (χ0n) is 11.9. The zero-order valence-corrected chi connectivity index (χ0v) is 11.9. The van der Waals surface area contributed by atoms with E-state index >= 15 is 0 Å². The highest BCUT2D eigenvalue weighted by Crippen LogP contribution is 2.17. The molecular weight excluding hydrogens is 218 g/mol. The van der Waals surface area contributed by atoms with Crippen LogP contribution in [0.25, 0.3) is 0 Å². The van der Waals surface area contributed by atoms with Crippen molar-refractivity contribution >= 4 is 0 Å². The summed E-state index contributed by atoms with van der Waals surface area (Å²) in [5, 5.41) is 0. The second-order valence-corrected chi connectivity index (χ2v) is 4.44. The van der Waals surface area contributed by atoms with Crippen molar-refractivity contribution < 1.29 is 0 Å². The van der Waals surface area contributed by atoms with E-state index in [-0.39, 0.29) is 0 Å². The van der Waals surface area contributed by atoms with Crippen LogP contribution < -0.4 is 5.73 Å². The molecule has 0 saturated heterocycles. The highest BCUT2D eigenvalue weighted by atomic mass is 14.5. The van der Waals surface area contributed by atoms with E-state index in [2.05, 4.69) is 38.3 Å². The van der Waals surface area contributed by atoms with E-state index in [4.69, 9.17) is 5.73 Å². The SMILES string of the molecule is C=C\C=C/C(=C/C(=C\C)CCCCCN)C(=C)C. The Morgan fingerprint density at radius 3 is 2.44 bits per heavy atom. The van der Waals surface area contributed by atoms with Crippen LogP contribution in [0.4, 0.5) is 0 Å². The lowest BCUT2D eigenvalue weighted by Gasteiger charge is -2.05. The molecule has 0 aliphatic heterocycles. The average molecular weight is 245 g/mol. The van der Waals surface area contributed by atoms with Gasteiger partial charge in [-0.25, -0.2) is 0 Å². The van der Waals surface area contributed by atoms with Gasteiger partial charge in [0.2, 0.25) is 0 Å². The lowest BCUT2D eigenvalue weighted by molar-refractivity contribution is 0.687.